The highest BCUT2D eigenvalue weighted by Crippen LogP contribution is 2.19. The van der Waals surface area contributed by atoms with E-state index >= 15 is 0 Å². The Kier molecular flexibility index (Phi) is 5.26. The number of carbonyl (C=O) groups is 1. The van der Waals surface area contributed by atoms with Crippen LogP contribution >= 0.6 is 11.8 Å². The second-order valence-corrected chi connectivity index (χ2v) is 5.47. The lowest BCUT2D eigenvalue weighted by molar-refractivity contribution is -0.119. The first kappa shape index (κ1) is 14.7. The van der Waals surface area contributed by atoms with E-state index in [1.54, 1.807) is 12.1 Å². The van der Waals surface area contributed by atoms with Gasteiger partial charge in [-0.25, -0.2) is 0 Å². The minimum absolute atomic E-state index is 0.133. The van der Waals surface area contributed by atoms with Crippen molar-refractivity contribution in [2.45, 2.75) is 17.9 Å². The molecule has 5 heteroatoms. The van der Waals surface area contributed by atoms with Crippen molar-refractivity contribution in [1.29, 1.82) is 0 Å². The number of carbonyl (C=O) groups excluding carboxylic acids is 1. The van der Waals surface area contributed by atoms with Crippen LogP contribution < -0.4 is 5.32 Å². The average molecular weight is 291 g/mol. The molecular formula is C15H17NO3S. The number of aryl methyl sites for hydroxylation is 1. The van der Waals surface area contributed by atoms with Gasteiger partial charge in [-0.15, -0.1) is 11.8 Å². The van der Waals surface area contributed by atoms with Gasteiger partial charge >= 0.3 is 0 Å². The van der Waals surface area contributed by atoms with E-state index in [0.29, 0.717) is 11.5 Å². The van der Waals surface area contributed by atoms with E-state index in [-0.39, 0.29) is 12.5 Å². The lowest BCUT2D eigenvalue weighted by Crippen LogP contribution is -2.31. The van der Waals surface area contributed by atoms with Gasteiger partial charge in [0.25, 0.3) is 0 Å². The minimum atomic E-state index is -0.490. The van der Waals surface area contributed by atoms with E-state index in [9.17, 15) is 9.90 Å². The summed E-state index contributed by atoms with van der Waals surface area (Å²) in [5, 5.41) is 12.0. The van der Waals surface area contributed by atoms with Gasteiger partial charge in [0.05, 0.1) is 18.6 Å². The Morgan fingerprint density at radius 2 is 2.10 bits per heavy atom. The molecule has 0 aliphatic carbocycles. The monoisotopic (exact) mass is 291 g/mol. The van der Waals surface area contributed by atoms with Crippen LogP contribution in [0, 0.1) is 6.92 Å². The van der Waals surface area contributed by atoms with Crippen molar-refractivity contribution in [2.24, 2.45) is 0 Å². The van der Waals surface area contributed by atoms with Crippen LogP contribution in [0.15, 0.2) is 52.0 Å². The fourth-order valence-corrected chi connectivity index (χ4v) is 2.43. The molecule has 2 rings (SSSR count). The molecule has 0 saturated carbocycles. The Hall–Kier alpha value is -1.72. The first-order valence-corrected chi connectivity index (χ1v) is 7.30. The molecule has 0 fully saturated rings. The van der Waals surface area contributed by atoms with Gasteiger partial charge < -0.3 is 14.8 Å². The third-order valence-corrected chi connectivity index (χ3v) is 3.81. The molecule has 1 aromatic heterocycles. The van der Waals surface area contributed by atoms with Gasteiger partial charge in [-0.1, -0.05) is 17.7 Å². The molecule has 1 unspecified atom stereocenters. The molecule has 0 spiro atoms. The van der Waals surface area contributed by atoms with Crippen LogP contribution in [0.1, 0.15) is 17.4 Å². The highest BCUT2D eigenvalue weighted by molar-refractivity contribution is 8.00. The number of aliphatic hydroxyl groups excluding tert-OH is 1. The second-order valence-electron chi connectivity index (χ2n) is 4.42. The van der Waals surface area contributed by atoms with Gasteiger partial charge in [-0.05, 0) is 31.2 Å². The number of aliphatic hydroxyl groups is 1. The maximum Gasteiger partial charge on any atom is 0.231 e. The molecule has 0 bridgehead atoms. The smallest absolute Gasteiger partial charge is 0.231 e. The first-order valence-electron chi connectivity index (χ1n) is 6.32. The maximum absolute atomic E-state index is 11.9. The molecule has 0 aliphatic rings. The predicted octanol–water partition coefficient (Wildman–Crippen LogP) is 2.53. The standard InChI is InChI=1S/C15H17NO3S/c1-11-4-6-12(7-5-11)20-10-15(18)16-13(9-17)14-3-2-8-19-14/h2-8,13,17H,9-10H2,1H3,(H,16,18). The van der Waals surface area contributed by atoms with Crippen molar-refractivity contribution in [3.63, 3.8) is 0 Å². The number of thioether (sulfide) groups is 1. The number of rotatable bonds is 6. The zero-order valence-corrected chi connectivity index (χ0v) is 12.0. The van der Waals surface area contributed by atoms with Crippen molar-refractivity contribution in [3.8, 4) is 0 Å². The number of hydrogen-bond acceptors (Lipinski definition) is 4. The molecule has 1 atom stereocenters. The number of furan rings is 1. The van der Waals surface area contributed by atoms with Crippen LogP contribution in [0.4, 0.5) is 0 Å². The Morgan fingerprint density at radius 1 is 1.35 bits per heavy atom. The third-order valence-electron chi connectivity index (χ3n) is 2.80. The normalized spacial score (nSPS) is 12.1. The fraction of sp³-hybridized carbons (Fsp3) is 0.267. The summed E-state index contributed by atoms with van der Waals surface area (Å²) >= 11 is 1.46. The van der Waals surface area contributed by atoms with Crippen molar-refractivity contribution in [1.82, 2.24) is 5.32 Å². The van der Waals surface area contributed by atoms with Crippen LogP contribution in [-0.2, 0) is 4.79 Å². The van der Waals surface area contributed by atoms with Gasteiger partial charge in [-0.2, -0.15) is 0 Å². The Labute approximate surface area is 122 Å². The predicted molar refractivity (Wildman–Crippen MR) is 78.6 cm³/mol. The van der Waals surface area contributed by atoms with Crippen LogP contribution in [0.5, 0.6) is 0 Å². The van der Waals surface area contributed by atoms with Crippen LogP contribution in [-0.4, -0.2) is 23.4 Å². The molecule has 20 heavy (non-hydrogen) atoms. The molecule has 1 heterocycles. The molecule has 106 valence electrons. The van der Waals surface area contributed by atoms with Gasteiger partial charge in [-0.3, -0.25) is 4.79 Å². The van der Waals surface area contributed by atoms with Crippen LogP contribution in [0.3, 0.4) is 0 Å². The van der Waals surface area contributed by atoms with Crippen molar-refractivity contribution in [2.75, 3.05) is 12.4 Å². The molecule has 0 radical (unpaired) electrons. The largest absolute Gasteiger partial charge is 0.467 e. The SMILES string of the molecule is Cc1ccc(SCC(=O)NC(CO)c2ccco2)cc1. The average Bonchev–Trinajstić information content (AvgIpc) is 2.98. The lowest BCUT2D eigenvalue weighted by atomic mass is 10.2. The van der Waals surface area contributed by atoms with Gasteiger partial charge in [0.15, 0.2) is 0 Å². The second kappa shape index (κ2) is 7.17. The summed E-state index contributed by atoms with van der Waals surface area (Å²) in [6.07, 6.45) is 1.52. The van der Waals surface area contributed by atoms with Gasteiger partial charge in [0.1, 0.15) is 11.8 Å². The number of hydrogen-bond donors (Lipinski definition) is 2. The summed E-state index contributed by atoms with van der Waals surface area (Å²) in [4.78, 5) is 12.9. The van der Waals surface area contributed by atoms with Crippen LogP contribution in [0.2, 0.25) is 0 Å². The molecule has 0 saturated heterocycles. The van der Waals surface area contributed by atoms with Crippen molar-refractivity contribution in [3.05, 3.63) is 54.0 Å². The lowest BCUT2D eigenvalue weighted by Gasteiger charge is -2.13. The highest BCUT2D eigenvalue weighted by atomic mass is 32.2. The minimum Gasteiger partial charge on any atom is -0.467 e. The molecule has 2 aromatic rings. The van der Waals surface area contributed by atoms with E-state index < -0.39 is 6.04 Å². The van der Waals surface area contributed by atoms with E-state index in [2.05, 4.69) is 5.32 Å². The van der Waals surface area contributed by atoms with Crippen LogP contribution in [0.25, 0.3) is 0 Å². The third kappa shape index (κ3) is 4.15. The zero-order chi connectivity index (χ0) is 14.4. The molecular weight excluding hydrogens is 274 g/mol. The molecule has 2 N–H and O–H groups in total. The molecule has 1 amide bonds. The van der Waals surface area contributed by atoms with Crippen molar-refractivity contribution >= 4 is 17.7 Å². The summed E-state index contributed by atoms with van der Waals surface area (Å²) < 4.78 is 5.18. The summed E-state index contributed by atoms with van der Waals surface area (Å²) in [5.41, 5.74) is 1.19. The highest BCUT2D eigenvalue weighted by Gasteiger charge is 2.15. The van der Waals surface area contributed by atoms with E-state index in [1.165, 1.54) is 23.6 Å². The summed E-state index contributed by atoms with van der Waals surface area (Å²) in [6, 6.07) is 11.0. The van der Waals surface area contributed by atoms with Gasteiger partial charge in [0, 0.05) is 4.90 Å². The summed E-state index contributed by atoms with van der Waals surface area (Å²) in [7, 11) is 0. The number of amides is 1. The number of benzene rings is 1. The molecule has 4 nitrogen and oxygen atoms in total. The molecule has 0 aliphatic heterocycles. The quantitative estimate of drug-likeness (QED) is 0.803. The zero-order valence-electron chi connectivity index (χ0n) is 11.2. The van der Waals surface area contributed by atoms with E-state index in [1.807, 2.05) is 31.2 Å². The van der Waals surface area contributed by atoms with E-state index in [4.69, 9.17) is 4.42 Å². The van der Waals surface area contributed by atoms with E-state index in [0.717, 1.165) is 4.90 Å². The maximum atomic E-state index is 11.9. The van der Waals surface area contributed by atoms with Crippen molar-refractivity contribution < 1.29 is 14.3 Å². The Morgan fingerprint density at radius 3 is 2.70 bits per heavy atom. The topological polar surface area (TPSA) is 62.5 Å². The summed E-state index contributed by atoms with van der Waals surface area (Å²) in [5.74, 6) is 0.729. The molecule has 1 aromatic carbocycles. The first-order chi connectivity index (χ1) is 9.69. The summed E-state index contributed by atoms with van der Waals surface area (Å²) in [6.45, 7) is 1.84. The Bertz CT molecular complexity index is 537. The Balaban J connectivity index is 1.84. The van der Waals surface area contributed by atoms with Gasteiger partial charge in [0.2, 0.25) is 5.91 Å². The number of nitrogens with one attached hydrogen (secondary N) is 1. The fourth-order valence-electron chi connectivity index (χ4n) is 1.72.